The van der Waals surface area contributed by atoms with Crippen molar-refractivity contribution in [2.24, 2.45) is 21.6 Å². The second kappa shape index (κ2) is 6.07. The van der Waals surface area contributed by atoms with E-state index in [2.05, 4.69) is 10.1 Å². The maximum absolute atomic E-state index is 8.98. The van der Waals surface area contributed by atoms with E-state index >= 15 is 0 Å². The maximum atomic E-state index is 8.98. The van der Waals surface area contributed by atoms with Gasteiger partial charge in [0.1, 0.15) is 18.1 Å². The van der Waals surface area contributed by atoms with Gasteiger partial charge < -0.3 is 9.84 Å². The molecule has 8 nitrogen and oxygen atoms in total. The van der Waals surface area contributed by atoms with Gasteiger partial charge >= 0.3 is 0 Å². The summed E-state index contributed by atoms with van der Waals surface area (Å²) in [5, 5.41) is 22.9. The third-order valence-electron chi connectivity index (χ3n) is 3.03. The van der Waals surface area contributed by atoms with Gasteiger partial charge in [-0.2, -0.15) is 5.10 Å². The zero-order valence-electron chi connectivity index (χ0n) is 13.4. The Kier molecular flexibility index (Phi) is 4.51. The van der Waals surface area contributed by atoms with Crippen LogP contribution in [0.4, 0.5) is 5.69 Å². The predicted molar refractivity (Wildman–Crippen MR) is 90.2 cm³/mol. The lowest BCUT2D eigenvalue weighted by molar-refractivity contribution is 0.0198. The van der Waals surface area contributed by atoms with Crippen LogP contribution in [0.15, 0.2) is 34.4 Å². The first-order chi connectivity index (χ1) is 10.6. The van der Waals surface area contributed by atoms with Crippen molar-refractivity contribution < 1.29 is 9.84 Å². The first-order valence-corrected chi connectivity index (χ1v) is 7.12. The Labute approximate surface area is 135 Å². The molecule has 2 rings (SSSR count). The molecule has 6 N–H and O–H groups in total. The highest BCUT2D eigenvalue weighted by Gasteiger charge is 2.30. The minimum absolute atomic E-state index is 0.251. The molecule has 0 radical (unpaired) electrons. The van der Waals surface area contributed by atoms with Crippen LogP contribution in [0.25, 0.3) is 0 Å². The number of nitrogens with one attached hydrogen (secondary N) is 1. The number of ether oxygens (including phenoxy) is 1. The minimum atomic E-state index is -1.62. The van der Waals surface area contributed by atoms with Crippen LogP contribution in [0.3, 0.4) is 0 Å². The number of amidine groups is 1. The van der Waals surface area contributed by atoms with E-state index in [-0.39, 0.29) is 11.4 Å². The van der Waals surface area contributed by atoms with Crippen LogP contribution < -0.4 is 16.2 Å². The smallest absolute Gasteiger partial charge is 0.236 e. The van der Waals surface area contributed by atoms with E-state index in [1.165, 1.54) is 0 Å². The molecule has 0 saturated carbocycles. The Balaban J connectivity index is 2.13. The summed E-state index contributed by atoms with van der Waals surface area (Å²) in [6, 6.07) is 6.69. The van der Waals surface area contributed by atoms with Crippen molar-refractivity contribution in [1.82, 2.24) is 5.01 Å². The lowest BCUT2D eigenvalue weighted by Gasteiger charge is -2.29. The lowest BCUT2D eigenvalue weighted by atomic mass is 10.1. The summed E-state index contributed by atoms with van der Waals surface area (Å²) in [7, 11) is 0. The van der Waals surface area contributed by atoms with Crippen LogP contribution in [0.2, 0.25) is 0 Å². The number of hydrogen-bond acceptors (Lipinski definition) is 7. The summed E-state index contributed by atoms with van der Waals surface area (Å²) in [4.78, 5) is 4.39. The largest absolute Gasteiger partial charge is 0.458 e. The van der Waals surface area contributed by atoms with E-state index in [9.17, 15) is 0 Å². The molecule has 0 fully saturated rings. The molecule has 0 spiro atoms. The number of rotatable bonds is 4. The topological polar surface area (TPSA) is 133 Å². The summed E-state index contributed by atoms with van der Waals surface area (Å²) in [6.45, 7) is 5.41. The molecule has 1 aliphatic rings. The first kappa shape index (κ1) is 17.1. The predicted octanol–water partition coefficient (Wildman–Crippen LogP) is 0.779. The van der Waals surface area contributed by atoms with E-state index in [0.29, 0.717) is 17.1 Å². The fraction of sp³-hybridized carbons (Fsp3) is 0.400. The number of aliphatic hydroxyl groups excluding tert-OH is 1. The van der Waals surface area contributed by atoms with E-state index in [1.807, 2.05) is 20.8 Å². The van der Waals surface area contributed by atoms with Crippen LogP contribution in [-0.4, -0.2) is 45.9 Å². The van der Waals surface area contributed by atoms with Gasteiger partial charge in [0.05, 0.1) is 17.4 Å². The van der Waals surface area contributed by atoms with Gasteiger partial charge in [0.25, 0.3) is 0 Å². The molecule has 124 valence electrons. The number of hydrazone groups is 1. The van der Waals surface area contributed by atoms with Crippen molar-refractivity contribution in [2.75, 3.05) is 6.61 Å². The van der Waals surface area contributed by atoms with Gasteiger partial charge in [-0.15, -0.1) is 0 Å². The van der Waals surface area contributed by atoms with Gasteiger partial charge in [-0.25, -0.2) is 10.0 Å². The van der Waals surface area contributed by atoms with E-state index in [4.69, 9.17) is 26.7 Å². The van der Waals surface area contributed by atoms with Crippen molar-refractivity contribution in [3.05, 3.63) is 24.3 Å². The summed E-state index contributed by atoms with van der Waals surface area (Å²) < 4.78 is 5.24. The van der Waals surface area contributed by atoms with Gasteiger partial charge in [0.15, 0.2) is 5.84 Å². The Hall–Kier alpha value is -2.29. The average Bonchev–Trinajstić information content (AvgIpc) is 2.82. The molecule has 0 atom stereocenters. The van der Waals surface area contributed by atoms with Crippen LogP contribution >= 0.6 is 0 Å². The van der Waals surface area contributed by atoms with Gasteiger partial charge in [-0.1, -0.05) is 0 Å². The van der Waals surface area contributed by atoms with E-state index in [0.717, 1.165) is 0 Å². The quantitative estimate of drug-likeness (QED) is 0.609. The molecule has 0 unspecified atom stereocenters. The Morgan fingerprint density at radius 3 is 2.35 bits per heavy atom. The first-order valence-electron chi connectivity index (χ1n) is 7.12. The zero-order chi connectivity index (χ0) is 17.3. The third kappa shape index (κ3) is 4.13. The highest BCUT2D eigenvalue weighted by molar-refractivity contribution is 6.63. The minimum Gasteiger partial charge on any atom is -0.458 e. The third-order valence-corrected chi connectivity index (χ3v) is 3.03. The Morgan fingerprint density at radius 2 is 1.87 bits per heavy atom. The van der Waals surface area contributed by atoms with Gasteiger partial charge in [0, 0.05) is 0 Å². The molecule has 1 aromatic rings. The fourth-order valence-corrected chi connectivity index (χ4v) is 1.91. The number of benzene rings is 1. The Bertz CT molecular complexity index is 643. The van der Waals surface area contributed by atoms with Gasteiger partial charge in [-0.3, -0.25) is 16.9 Å². The van der Waals surface area contributed by atoms with Crippen LogP contribution in [-0.2, 0) is 0 Å². The summed E-state index contributed by atoms with van der Waals surface area (Å²) in [5.74, 6) is -0.957. The summed E-state index contributed by atoms with van der Waals surface area (Å²) in [5.41, 5.74) is 11.9. The molecule has 0 aromatic heterocycles. The molecule has 8 heteroatoms. The number of nitrogens with zero attached hydrogens (tertiary/aromatic N) is 3. The van der Waals surface area contributed by atoms with Gasteiger partial charge in [0.2, 0.25) is 5.85 Å². The molecular formula is C15H22N6O2. The molecule has 23 heavy (non-hydrogen) atoms. The zero-order valence-corrected chi connectivity index (χ0v) is 13.4. The van der Waals surface area contributed by atoms with Crippen LogP contribution in [0, 0.1) is 5.41 Å². The van der Waals surface area contributed by atoms with Crippen LogP contribution in [0.1, 0.15) is 20.8 Å². The normalized spacial score (nSPS) is 17.2. The monoisotopic (exact) mass is 318 g/mol. The SMILES string of the molecule is CC(C)(C)N1N=CC(=Nc2ccc(OC(N)(N)CO)cc2)C1=N. The van der Waals surface area contributed by atoms with Crippen LogP contribution in [0.5, 0.6) is 5.75 Å². The van der Waals surface area contributed by atoms with E-state index in [1.54, 1.807) is 35.5 Å². The van der Waals surface area contributed by atoms with Crippen molar-refractivity contribution >= 4 is 23.4 Å². The van der Waals surface area contributed by atoms with Gasteiger partial charge in [-0.05, 0) is 45.0 Å². The molecule has 0 bridgehead atoms. The fourth-order valence-electron chi connectivity index (χ4n) is 1.91. The standard InChI is InChI=1S/C15H22N6O2/c1-14(2,3)21-13(16)12(8-19-21)20-10-4-6-11(7-5-10)23-15(17,18)9-22/h4-8,16,22H,9,17-18H2,1-3H3. The van der Waals surface area contributed by atoms with Crippen molar-refractivity contribution in [1.29, 1.82) is 5.41 Å². The second-order valence-electron chi connectivity index (χ2n) is 6.28. The number of nitrogens with two attached hydrogens (primary N) is 2. The van der Waals surface area contributed by atoms with Crippen molar-refractivity contribution in [2.45, 2.75) is 32.2 Å². The van der Waals surface area contributed by atoms with E-state index < -0.39 is 12.5 Å². The maximum Gasteiger partial charge on any atom is 0.236 e. The highest BCUT2D eigenvalue weighted by atomic mass is 16.5. The number of hydrogen-bond donors (Lipinski definition) is 4. The van der Waals surface area contributed by atoms with Crippen molar-refractivity contribution in [3.8, 4) is 5.75 Å². The summed E-state index contributed by atoms with van der Waals surface area (Å²) >= 11 is 0. The number of aliphatic imine (C=N–C) groups is 1. The average molecular weight is 318 g/mol. The Morgan fingerprint density at radius 1 is 1.26 bits per heavy atom. The molecule has 1 aromatic carbocycles. The molecule has 0 saturated heterocycles. The van der Waals surface area contributed by atoms with Crippen molar-refractivity contribution in [3.63, 3.8) is 0 Å². The molecule has 1 heterocycles. The lowest BCUT2D eigenvalue weighted by Crippen LogP contribution is -2.57. The number of aliphatic hydroxyl groups is 1. The highest BCUT2D eigenvalue weighted by Crippen LogP contribution is 2.22. The second-order valence-corrected chi connectivity index (χ2v) is 6.28. The summed E-state index contributed by atoms with van der Waals surface area (Å²) in [6.07, 6.45) is 1.56. The molecule has 0 aliphatic carbocycles. The molecule has 1 aliphatic heterocycles. The molecule has 0 amide bonds. The molecular weight excluding hydrogens is 296 g/mol.